The van der Waals surface area contributed by atoms with E-state index < -0.39 is 60.3 Å². The van der Waals surface area contributed by atoms with Gasteiger partial charge in [-0.05, 0) is 124 Å². The number of aryl methyl sites for hydroxylation is 4. The van der Waals surface area contributed by atoms with Crippen molar-refractivity contribution in [2.24, 2.45) is 0 Å². The fourth-order valence-corrected chi connectivity index (χ4v) is 6.14. The lowest BCUT2D eigenvalue weighted by atomic mass is 10.1. The molecule has 0 aliphatic carbocycles. The Labute approximate surface area is 390 Å². The number of benzene rings is 2. The number of alkyl carbamates (subject to hydrolysis) is 4. The van der Waals surface area contributed by atoms with Crippen molar-refractivity contribution in [3.05, 3.63) is 57.6 Å². The van der Waals surface area contributed by atoms with Crippen LogP contribution in [0.15, 0.2) is 24.3 Å². The molecule has 0 aliphatic heterocycles. The Balaban J connectivity index is 0.000000678. The molecule has 0 aliphatic rings. The predicted octanol–water partition coefficient (Wildman–Crippen LogP) is 4.55. The summed E-state index contributed by atoms with van der Waals surface area (Å²) in [6.45, 7) is 10.3. The molecule has 2 rings (SSSR count). The van der Waals surface area contributed by atoms with Gasteiger partial charge in [0.25, 0.3) is 0 Å². The second kappa shape index (κ2) is 31.7. The molecule has 0 heterocycles. The van der Waals surface area contributed by atoms with Gasteiger partial charge in [-0.25, -0.2) is 28.8 Å². The topological polar surface area (TPSA) is 288 Å². The Morgan fingerprint density at radius 1 is 0.522 bits per heavy atom. The molecular formula is C45H65N5O17. The highest BCUT2D eigenvalue weighted by Crippen LogP contribution is 2.27. The van der Waals surface area contributed by atoms with Gasteiger partial charge in [0.15, 0.2) is 0 Å². The maximum atomic E-state index is 12.7. The van der Waals surface area contributed by atoms with Crippen molar-refractivity contribution in [1.82, 2.24) is 26.6 Å². The molecule has 5 amide bonds. The van der Waals surface area contributed by atoms with Gasteiger partial charge in [-0.2, -0.15) is 0 Å². The molecule has 0 aromatic heterocycles. The molecule has 2 atom stereocenters. The van der Waals surface area contributed by atoms with E-state index >= 15 is 0 Å². The van der Waals surface area contributed by atoms with Crippen LogP contribution < -0.4 is 36.1 Å². The van der Waals surface area contributed by atoms with Gasteiger partial charge in [-0.15, -0.1) is 0 Å². The Morgan fingerprint density at radius 2 is 0.940 bits per heavy atom. The summed E-state index contributed by atoms with van der Waals surface area (Å²) < 4.78 is 39.1. The third-order valence-electron chi connectivity index (χ3n) is 9.28. The van der Waals surface area contributed by atoms with Crippen molar-refractivity contribution < 1.29 is 81.0 Å². The first kappa shape index (κ1) is 57.9. The van der Waals surface area contributed by atoms with Crippen LogP contribution in [0.5, 0.6) is 11.5 Å². The van der Waals surface area contributed by atoms with Gasteiger partial charge in [0.05, 0.1) is 28.4 Å². The first-order chi connectivity index (χ1) is 31.7. The first-order valence-electron chi connectivity index (χ1n) is 21.2. The Bertz CT molecular complexity index is 1960. The van der Waals surface area contributed by atoms with Crippen molar-refractivity contribution in [3.8, 4) is 11.5 Å². The quantitative estimate of drug-likeness (QED) is 0.0442. The number of amides is 5. The highest BCUT2D eigenvalue weighted by Gasteiger charge is 2.25. The number of rotatable bonds is 23. The van der Waals surface area contributed by atoms with E-state index in [-0.39, 0.29) is 32.1 Å². The molecule has 0 radical (unpaired) electrons. The minimum absolute atomic E-state index is 0.0737. The maximum absolute atomic E-state index is 12.7. The summed E-state index contributed by atoms with van der Waals surface area (Å²) in [4.78, 5) is 105. The van der Waals surface area contributed by atoms with Crippen LogP contribution in [-0.2, 0) is 65.6 Å². The van der Waals surface area contributed by atoms with Gasteiger partial charge >= 0.3 is 48.3 Å². The lowest BCUT2D eigenvalue weighted by Crippen LogP contribution is -2.43. The van der Waals surface area contributed by atoms with Crippen molar-refractivity contribution in [2.45, 2.75) is 112 Å². The molecule has 22 nitrogen and oxygen atoms in total. The summed E-state index contributed by atoms with van der Waals surface area (Å²) in [6, 6.07) is 5.58. The van der Waals surface area contributed by atoms with Crippen molar-refractivity contribution in [3.63, 3.8) is 0 Å². The van der Waals surface area contributed by atoms with E-state index in [0.29, 0.717) is 85.4 Å². The van der Waals surface area contributed by atoms with Crippen LogP contribution in [0.2, 0.25) is 0 Å². The maximum Gasteiger partial charge on any atom is 0.407 e. The summed E-state index contributed by atoms with van der Waals surface area (Å²) in [5.74, 6) is -1.78. The molecule has 0 saturated carbocycles. The van der Waals surface area contributed by atoms with Gasteiger partial charge in [0.2, 0.25) is 5.91 Å². The van der Waals surface area contributed by atoms with E-state index in [1.807, 2.05) is 0 Å². The summed E-state index contributed by atoms with van der Waals surface area (Å²) in [6.07, 6.45) is 0.505. The number of methoxy groups -OCH3 is 4. The molecule has 372 valence electrons. The second-order valence-electron chi connectivity index (χ2n) is 14.9. The number of hydrogen-bond donors (Lipinski definition) is 5. The van der Waals surface area contributed by atoms with E-state index in [0.717, 1.165) is 11.1 Å². The molecule has 67 heavy (non-hydrogen) atoms. The lowest BCUT2D eigenvalue weighted by Gasteiger charge is -2.19. The minimum Gasteiger partial charge on any atom is -0.461 e. The summed E-state index contributed by atoms with van der Waals surface area (Å²) in [7, 11) is 4.96. The molecule has 22 heteroatoms. The smallest absolute Gasteiger partial charge is 0.407 e. The van der Waals surface area contributed by atoms with Crippen LogP contribution in [0.1, 0.15) is 92.2 Å². The molecule has 2 aromatic rings. The average molecular weight is 948 g/mol. The summed E-state index contributed by atoms with van der Waals surface area (Å²) in [5.41, 5.74) is 4.27. The fourth-order valence-electron chi connectivity index (χ4n) is 6.14. The van der Waals surface area contributed by atoms with Crippen LogP contribution in [0.25, 0.3) is 0 Å². The van der Waals surface area contributed by atoms with E-state index in [1.165, 1.54) is 42.3 Å². The molecule has 2 unspecified atom stereocenters. The first-order valence-corrected chi connectivity index (χ1v) is 21.2. The van der Waals surface area contributed by atoms with E-state index in [9.17, 15) is 43.2 Å². The highest BCUT2D eigenvalue weighted by molar-refractivity contribution is 5.84. The molecule has 0 fully saturated rings. The zero-order chi connectivity index (χ0) is 50.5. The summed E-state index contributed by atoms with van der Waals surface area (Å²) in [5, 5.41) is 12.7. The molecule has 0 saturated heterocycles. The van der Waals surface area contributed by atoms with E-state index in [1.54, 1.807) is 52.0 Å². The zero-order valence-corrected chi connectivity index (χ0v) is 39.9. The highest BCUT2D eigenvalue weighted by atomic mass is 16.6. The van der Waals surface area contributed by atoms with Crippen molar-refractivity contribution >= 4 is 54.2 Å². The molecule has 5 N–H and O–H groups in total. The number of nitrogens with one attached hydrogen (secondary N) is 5. The van der Waals surface area contributed by atoms with E-state index in [2.05, 4.69) is 45.5 Å². The van der Waals surface area contributed by atoms with Crippen LogP contribution in [0.4, 0.5) is 19.2 Å². The normalized spacial score (nSPS) is 11.1. The fraction of sp³-hybridized carbons (Fsp3) is 0.533. The second-order valence-corrected chi connectivity index (χ2v) is 14.9. The Kier molecular flexibility index (Phi) is 27.4. The van der Waals surface area contributed by atoms with Gasteiger partial charge in [-0.1, -0.05) is 0 Å². The minimum atomic E-state index is -0.926. The third-order valence-corrected chi connectivity index (χ3v) is 9.28. The van der Waals surface area contributed by atoms with E-state index in [4.69, 9.17) is 18.9 Å². The van der Waals surface area contributed by atoms with Gasteiger partial charge < -0.3 is 64.5 Å². The zero-order valence-electron chi connectivity index (χ0n) is 39.9. The molecule has 0 spiro atoms. The number of carbonyl (C=O) groups excluding carboxylic acids is 9. The number of unbranched alkanes of at least 4 members (excludes halogenated alkanes) is 2. The van der Waals surface area contributed by atoms with Crippen LogP contribution in [-0.4, -0.2) is 114 Å². The standard InChI is InChI=1S/C24H35N3O9.C21H30N2O8/c1-15-10-18(14-35-17(3)28)11-16(2)22(15)36-21(30)13-26-20(29)12-19(27-24(32)34-5)8-6-7-9-25-23(31)33-4;1-13-10-16(12-30-15(3)24)11-14(2)18(13)31-19(25)17(23-21(27)29-5)8-6-7-9-22-20(26)28-4/h10-11,19H,6-9,12-14H2,1-5H3,(H,25,31)(H,26,29)(H,27,32);10-11,17H,6-9,12H2,1-5H3,(H,22,26)(H,23,27). The molecule has 0 bridgehead atoms. The number of hydrogen-bond acceptors (Lipinski definition) is 17. The monoisotopic (exact) mass is 947 g/mol. The van der Waals surface area contributed by atoms with Crippen LogP contribution >= 0.6 is 0 Å². The number of esters is 4. The van der Waals surface area contributed by atoms with Gasteiger partial charge in [0.1, 0.15) is 37.3 Å². The third kappa shape index (κ3) is 24.7. The molecule has 2 aromatic carbocycles. The average Bonchev–Trinajstić information content (AvgIpc) is 3.28. The Morgan fingerprint density at radius 3 is 1.37 bits per heavy atom. The largest absolute Gasteiger partial charge is 0.461 e. The summed E-state index contributed by atoms with van der Waals surface area (Å²) >= 11 is 0. The van der Waals surface area contributed by atoms with Gasteiger partial charge in [0, 0.05) is 39.4 Å². The number of ether oxygens (including phenoxy) is 8. The van der Waals surface area contributed by atoms with Crippen LogP contribution in [0.3, 0.4) is 0 Å². The van der Waals surface area contributed by atoms with Crippen molar-refractivity contribution in [1.29, 1.82) is 0 Å². The number of carbonyl (C=O) groups is 9. The van der Waals surface area contributed by atoms with Crippen molar-refractivity contribution in [2.75, 3.05) is 48.1 Å². The Hall–Kier alpha value is -7.13. The molecular weight excluding hydrogens is 883 g/mol. The lowest BCUT2D eigenvalue weighted by molar-refractivity contribution is -0.143. The SMILES string of the molecule is COC(=O)NCCCCC(CC(=O)NCC(=O)Oc1c(C)cc(COC(C)=O)cc1C)NC(=O)OC.COC(=O)NCCCCC(NC(=O)OC)C(=O)Oc1c(C)cc(COC(C)=O)cc1C. The van der Waals surface area contributed by atoms with Gasteiger partial charge in [-0.3, -0.25) is 14.4 Å². The van der Waals surface area contributed by atoms with Crippen LogP contribution in [0, 0.1) is 27.7 Å². The predicted molar refractivity (Wildman–Crippen MR) is 239 cm³/mol.